The third-order valence-corrected chi connectivity index (χ3v) is 17.3. The Balaban J connectivity index is 0.000000246. The van der Waals surface area contributed by atoms with Gasteiger partial charge in [-0.25, -0.2) is 40.6 Å². The number of ketones is 2. The van der Waals surface area contributed by atoms with Gasteiger partial charge in [0.05, 0.1) is 60.9 Å². The molecule has 8 aromatic rings. The topological polar surface area (TPSA) is 211 Å². The van der Waals surface area contributed by atoms with Crippen molar-refractivity contribution in [1.29, 1.82) is 0 Å². The van der Waals surface area contributed by atoms with Crippen molar-refractivity contribution in [2.24, 2.45) is 11.8 Å². The molecule has 0 saturated carbocycles. The van der Waals surface area contributed by atoms with Crippen LogP contribution in [0, 0.1) is 50.5 Å². The van der Waals surface area contributed by atoms with Gasteiger partial charge in [0.2, 0.25) is 13.1 Å². The molecular weight excluding hydrogens is 1140 g/mol. The van der Waals surface area contributed by atoms with Crippen LogP contribution in [0.15, 0.2) is 80.4 Å². The van der Waals surface area contributed by atoms with Gasteiger partial charge < -0.3 is 19.2 Å². The van der Waals surface area contributed by atoms with Crippen LogP contribution in [-0.2, 0) is 56.1 Å². The Kier molecular flexibility index (Phi) is 20.8. The van der Waals surface area contributed by atoms with E-state index >= 15 is 0 Å². The van der Waals surface area contributed by atoms with Crippen LogP contribution >= 0.6 is 22.7 Å². The molecule has 6 aromatic heterocycles. The fourth-order valence-electron chi connectivity index (χ4n) is 10.4. The number of rotatable bonds is 24. The van der Waals surface area contributed by atoms with Gasteiger partial charge in [-0.2, -0.15) is 20.4 Å². The number of aryl methyl sites for hydroxylation is 2. The van der Waals surface area contributed by atoms with Crippen molar-refractivity contribution in [3.8, 4) is 10.0 Å². The van der Waals surface area contributed by atoms with Crippen LogP contribution in [-0.4, -0.2) is 85.1 Å². The Morgan fingerprint density at radius 2 is 0.919 bits per heavy atom. The molecule has 0 fully saturated rings. The molecule has 2 atom stereocenters. The summed E-state index contributed by atoms with van der Waals surface area (Å²) in [5.41, 5.74) is -1.72. The molecule has 6 heterocycles. The highest BCUT2D eigenvalue weighted by molar-refractivity contribution is 7.21. The smallest absolute Gasteiger partial charge is 0.333 e. The molecule has 20 nitrogen and oxygen atoms in total. The summed E-state index contributed by atoms with van der Waals surface area (Å²) in [5.74, 6) is -1.37. The molecule has 8 rings (SSSR count). The molecule has 1 unspecified atom stereocenters. The zero-order valence-corrected chi connectivity index (χ0v) is 52.7. The normalized spacial score (nSPS) is 12.8. The van der Waals surface area contributed by atoms with Gasteiger partial charge >= 0.3 is 11.4 Å². The Bertz CT molecular complexity index is 3850. The summed E-state index contributed by atoms with van der Waals surface area (Å²) < 4.78 is 46.8. The lowest BCUT2D eigenvalue weighted by Crippen LogP contribution is -2.53. The Labute approximate surface area is 505 Å². The Morgan fingerprint density at radius 3 is 1.22 bits per heavy atom. The first-order valence-electron chi connectivity index (χ1n) is 28.5. The first kappa shape index (κ1) is 65.6. The number of ether oxygens (including phenoxy) is 2. The van der Waals surface area contributed by atoms with Crippen LogP contribution in [0.25, 0.3) is 40.1 Å². The Morgan fingerprint density at radius 1 is 0.581 bits per heavy atom. The molecule has 86 heavy (non-hydrogen) atoms. The summed E-state index contributed by atoms with van der Waals surface area (Å²) in [6, 6.07) is 8.70. The Hall–Kier alpha value is -7.90. The van der Waals surface area contributed by atoms with E-state index < -0.39 is 57.4 Å². The predicted octanol–water partition coefficient (Wildman–Crippen LogP) is 10.5. The molecule has 0 aliphatic rings. The third-order valence-electron chi connectivity index (χ3n) is 14.7. The largest absolute Gasteiger partial charge is 0.369 e. The maximum absolute atomic E-state index is 14.6. The van der Waals surface area contributed by atoms with Gasteiger partial charge in [0.1, 0.15) is 54.6 Å². The van der Waals surface area contributed by atoms with Crippen LogP contribution in [0.1, 0.15) is 142 Å². The van der Waals surface area contributed by atoms with Gasteiger partial charge in [-0.05, 0) is 128 Å². The number of halogens is 2. The van der Waals surface area contributed by atoms with E-state index in [4.69, 9.17) is 22.6 Å². The first-order chi connectivity index (χ1) is 40.5. The lowest BCUT2D eigenvalue weighted by Gasteiger charge is -2.29. The zero-order valence-electron chi connectivity index (χ0n) is 51.1. The molecule has 0 aliphatic carbocycles. The molecule has 2 aromatic carbocycles. The molecule has 456 valence electrons. The highest BCUT2D eigenvalue weighted by atomic mass is 32.1. The predicted molar refractivity (Wildman–Crippen MR) is 329 cm³/mol. The SMILES string of the molecule is [C-]#[N+]CCc1ccc(F)cc1C(Cn1c(=O)n(C(C)(C)C(=O)CC(C)C)c(=O)c2c(C)c(-n3nccn3)sc21)OC(C)C.[C-]#[N+]CCc1ccc(F)cc1[C@H](Cn1c(=O)n(C(C)(C)C(=O)CC(C)C)c(=O)c2c(C)c(-n3nccn3)sc21)OC(C)C. The summed E-state index contributed by atoms with van der Waals surface area (Å²) in [7, 11) is 0. The molecule has 24 heteroatoms. The van der Waals surface area contributed by atoms with Gasteiger partial charge in [-0.3, -0.25) is 28.3 Å². The van der Waals surface area contributed by atoms with E-state index in [0.29, 0.717) is 54.8 Å². The van der Waals surface area contributed by atoms with Crippen molar-refractivity contribution >= 4 is 54.7 Å². The monoisotopic (exact) mass is 1220 g/mol. The molecule has 0 N–H and O–H groups in total. The molecule has 0 radical (unpaired) electrons. The van der Waals surface area contributed by atoms with Gasteiger partial charge in [0.15, 0.2) is 11.6 Å². The first-order valence-corrected chi connectivity index (χ1v) is 30.1. The number of Topliss-reactive ketones (excluding diaryl/α,β-unsaturated/α-hetero) is 2. The van der Waals surface area contributed by atoms with Gasteiger partial charge in [0.25, 0.3) is 11.1 Å². The van der Waals surface area contributed by atoms with E-state index in [1.807, 2.05) is 55.4 Å². The molecule has 0 bridgehead atoms. The van der Waals surface area contributed by atoms with Gasteiger partial charge in [0, 0.05) is 36.8 Å². The summed E-state index contributed by atoms with van der Waals surface area (Å²) >= 11 is 2.37. The van der Waals surface area contributed by atoms with Crippen molar-refractivity contribution in [3.63, 3.8) is 0 Å². The van der Waals surface area contributed by atoms with Crippen LogP contribution in [0.2, 0.25) is 0 Å². The number of hydrogen-bond donors (Lipinski definition) is 0. The highest BCUT2D eigenvalue weighted by Crippen LogP contribution is 2.36. The van der Waals surface area contributed by atoms with Crippen LogP contribution in [0.5, 0.6) is 0 Å². The van der Waals surface area contributed by atoms with E-state index in [0.717, 1.165) is 20.3 Å². The quantitative estimate of drug-likeness (QED) is 0.0517. The maximum Gasteiger partial charge on any atom is 0.333 e. The molecular formula is C62H74F2N12O8S2. The molecule has 0 aliphatic heterocycles. The lowest BCUT2D eigenvalue weighted by molar-refractivity contribution is -0.127. The number of carbonyl (C=O) groups excluding carboxylic acids is 2. The number of nitrogens with zero attached hydrogens (tertiary/aromatic N) is 12. The van der Waals surface area contributed by atoms with E-state index in [9.17, 15) is 37.5 Å². The second-order valence-corrected chi connectivity index (χ2v) is 25.5. The minimum atomic E-state index is -1.44. The zero-order chi connectivity index (χ0) is 63.3. The van der Waals surface area contributed by atoms with Crippen molar-refractivity contribution < 1.29 is 27.8 Å². The van der Waals surface area contributed by atoms with Crippen LogP contribution in [0.3, 0.4) is 0 Å². The second-order valence-electron chi connectivity index (χ2n) is 23.6. The van der Waals surface area contributed by atoms with Gasteiger partial charge in [-0.1, -0.05) is 62.5 Å². The number of fused-ring (bicyclic) bond motifs is 2. The standard InChI is InChI=1S/2C31H37FN6O4S/c2*1-18(2)15-25(39)31(6,7)37-27(40)26-20(5)28(38-34-13-14-35-38)43-29(26)36(30(37)41)17-24(42-19(3)4)23-16-22(32)10-9-21(23)11-12-33-8/h2*9-10,13-14,16,18-19,24H,11-12,15,17H2,1-7H3/t24-;/m0./s1. The van der Waals surface area contributed by atoms with Crippen molar-refractivity contribution in [3.05, 3.63) is 171 Å². The minimum absolute atomic E-state index is 0.0273. The molecule has 0 saturated heterocycles. The summed E-state index contributed by atoms with van der Waals surface area (Å²) in [6.45, 7) is 39.6. The van der Waals surface area contributed by atoms with E-state index in [1.165, 1.54) is 90.5 Å². The third kappa shape index (κ3) is 13.8. The van der Waals surface area contributed by atoms with Crippen LogP contribution < -0.4 is 22.5 Å². The number of hydrogen-bond acceptors (Lipinski definition) is 14. The van der Waals surface area contributed by atoms with Crippen molar-refractivity contribution in [2.75, 3.05) is 13.1 Å². The lowest BCUT2D eigenvalue weighted by atomic mass is 9.91. The van der Waals surface area contributed by atoms with Gasteiger partial charge in [-0.15, -0.1) is 9.59 Å². The van der Waals surface area contributed by atoms with Crippen molar-refractivity contribution in [1.82, 2.24) is 48.3 Å². The second kappa shape index (κ2) is 27.2. The fourth-order valence-corrected chi connectivity index (χ4v) is 12.9. The number of aromatic nitrogens is 10. The minimum Gasteiger partial charge on any atom is -0.369 e. The number of thiophene rings is 2. The van der Waals surface area contributed by atoms with E-state index in [-0.39, 0.29) is 85.4 Å². The average molecular weight is 1220 g/mol. The molecule has 0 spiro atoms. The summed E-state index contributed by atoms with van der Waals surface area (Å²) in [5, 5.41) is 18.6. The van der Waals surface area contributed by atoms with E-state index in [1.54, 1.807) is 53.7 Å². The van der Waals surface area contributed by atoms with E-state index in [2.05, 4.69) is 30.1 Å². The van der Waals surface area contributed by atoms with Crippen molar-refractivity contribution in [2.45, 2.75) is 171 Å². The average Bonchev–Trinajstić information content (AvgIpc) is 1.51. The maximum atomic E-state index is 14.6. The fraction of sp³-hybridized carbons (Fsp3) is 0.484. The number of benzene rings is 2. The number of carbonyl (C=O) groups is 2. The van der Waals surface area contributed by atoms with Crippen LogP contribution in [0.4, 0.5) is 8.78 Å². The summed E-state index contributed by atoms with van der Waals surface area (Å²) in [4.78, 5) is 94.4. The highest BCUT2D eigenvalue weighted by Gasteiger charge is 2.38. The molecule has 0 amide bonds. The summed E-state index contributed by atoms with van der Waals surface area (Å²) in [6.07, 6.45) is 5.02.